The van der Waals surface area contributed by atoms with Gasteiger partial charge in [-0.2, -0.15) is 0 Å². The fraction of sp³-hybridized carbons (Fsp3) is 0.868. The van der Waals surface area contributed by atoms with Gasteiger partial charge in [-0.3, -0.25) is 14.4 Å². The molecule has 0 fully saturated rings. The van der Waals surface area contributed by atoms with Crippen LogP contribution in [0.15, 0.2) is 36.5 Å². The lowest BCUT2D eigenvalue weighted by molar-refractivity contribution is -0.167. The number of rotatable bonds is 61. The molecule has 74 heavy (non-hydrogen) atoms. The van der Waals surface area contributed by atoms with Crippen molar-refractivity contribution < 1.29 is 28.6 Å². The van der Waals surface area contributed by atoms with E-state index < -0.39 is 6.10 Å². The summed E-state index contributed by atoms with van der Waals surface area (Å²) in [6.45, 7) is 6.67. The minimum absolute atomic E-state index is 0.0650. The normalized spacial score (nSPS) is 12.2. The van der Waals surface area contributed by atoms with E-state index in [-0.39, 0.29) is 31.1 Å². The molecule has 0 spiro atoms. The van der Waals surface area contributed by atoms with Crippen molar-refractivity contribution in [2.75, 3.05) is 13.2 Å². The number of unbranched alkanes of at least 4 members (excludes halogenated alkanes) is 44. The van der Waals surface area contributed by atoms with Gasteiger partial charge in [0.15, 0.2) is 6.10 Å². The van der Waals surface area contributed by atoms with Crippen LogP contribution in [-0.4, -0.2) is 37.2 Å². The summed E-state index contributed by atoms with van der Waals surface area (Å²) in [6.07, 6.45) is 77.5. The molecule has 0 radical (unpaired) electrons. The Kier molecular flexibility index (Phi) is 61.1. The van der Waals surface area contributed by atoms with Crippen LogP contribution in [0.25, 0.3) is 0 Å². The maximum Gasteiger partial charge on any atom is 0.306 e. The average Bonchev–Trinajstić information content (AvgIpc) is 3.40. The zero-order valence-electron chi connectivity index (χ0n) is 49.9. The lowest BCUT2D eigenvalue weighted by Gasteiger charge is -2.18. The summed E-state index contributed by atoms with van der Waals surface area (Å²) in [4.78, 5) is 38.1. The van der Waals surface area contributed by atoms with Crippen LogP contribution in [0.4, 0.5) is 0 Å². The first kappa shape index (κ1) is 71.6. The van der Waals surface area contributed by atoms with Crippen molar-refractivity contribution in [2.24, 2.45) is 0 Å². The Morgan fingerprint density at radius 1 is 0.270 bits per heavy atom. The second-order valence-electron chi connectivity index (χ2n) is 22.4. The zero-order valence-corrected chi connectivity index (χ0v) is 49.9. The topological polar surface area (TPSA) is 78.9 Å². The average molecular weight is 1040 g/mol. The molecule has 1 unspecified atom stereocenters. The predicted molar refractivity (Wildman–Crippen MR) is 321 cm³/mol. The minimum atomic E-state index is -0.765. The van der Waals surface area contributed by atoms with Crippen LogP contribution in [0.5, 0.6) is 0 Å². The van der Waals surface area contributed by atoms with Crippen LogP contribution in [-0.2, 0) is 28.6 Å². The molecule has 6 heteroatoms. The Balaban J connectivity index is 4.02. The third-order valence-electron chi connectivity index (χ3n) is 14.9. The van der Waals surface area contributed by atoms with Gasteiger partial charge in [-0.15, -0.1) is 0 Å². The molecule has 0 bridgehead atoms. The van der Waals surface area contributed by atoms with Crippen molar-refractivity contribution in [3.63, 3.8) is 0 Å². The number of allylic oxidation sites excluding steroid dienone is 6. The molecule has 0 heterocycles. The van der Waals surface area contributed by atoms with Gasteiger partial charge in [-0.1, -0.05) is 320 Å². The monoisotopic (exact) mass is 1040 g/mol. The summed E-state index contributed by atoms with van der Waals surface area (Å²) in [5.74, 6) is -0.843. The van der Waals surface area contributed by atoms with E-state index in [2.05, 4.69) is 57.2 Å². The molecule has 0 aromatic heterocycles. The number of hydrogen-bond acceptors (Lipinski definition) is 6. The van der Waals surface area contributed by atoms with Gasteiger partial charge >= 0.3 is 17.9 Å². The maximum atomic E-state index is 12.8. The van der Waals surface area contributed by atoms with Gasteiger partial charge in [0.25, 0.3) is 0 Å². The molecular formula is C68H126O6. The van der Waals surface area contributed by atoms with E-state index in [1.54, 1.807) is 0 Å². The van der Waals surface area contributed by atoms with Crippen LogP contribution in [0.2, 0.25) is 0 Å². The highest BCUT2D eigenvalue weighted by Crippen LogP contribution is 2.18. The predicted octanol–water partition coefficient (Wildman–Crippen LogP) is 22.4. The SMILES string of the molecule is CCCCCCC/C=C\C/C=C\C/C=C\CCCCCCCCCCCCCCCCCCCCC(=O)OCC(COC(=O)CCCCCCCCCCCCC)OC(=O)CCCCCCCCCCCCCC. The third-order valence-corrected chi connectivity index (χ3v) is 14.9. The van der Waals surface area contributed by atoms with Gasteiger partial charge in [0.1, 0.15) is 13.2 Å². The molecule has 0 rings (SSSR count). The van der Waals surface area contributed by atoms with E-state index in [1.807, 2.05) is 0 Å². The number of carbonyl (C=O) groups is 3. The minimum Gasteiger partial charge on any atom is -0.462 e. The Hall–Kier alpha value is -2.37. The Labute approximate surface area is 461 Å². The van der Waals surface area contributed by atoms with Crippen molar-refractivity contribution >= 4 is 17.9 Å². The summed E-state index contributed by atoms with van der Waals surface area (Å²) in [7, 11) is 0. The molecule has 1 atom stereocenters. The molecule has 0 aliphatic heterocycles. The highest BCUT2D eigenvalue weighted by atomic mass is 16.6. The molecule has 0 aliphatic rings. The molecule has 0 saturated carbocycles. The van der Waals surface area contributed by atoms with Crippen LogP contribution in [0.1, 0.15) is 361 Å². The summed E-state index contributed by atoms with van der Waals surface area (Å²) < 4.78 is 16.9. The highest BCUT2D eigenvalue weighted by molar-refractivity contribution is 5.71. The van der Waals surface area contributed by atoms with E-state index in [0.29, 0.717) is 19.3 Å². The molecule has 0 aromatic rings. The highest BCUT2D eigenvalue weighted by Gasteiger charge is 2.19. The first-order valence-electron chi connectivity index (χ1n) is 33.0. The van der Waals surface area contributed by atoms with Crippen LogP contribution >= 0.6 is 0 Å². The van der Waals surface area contributed by atoms with Gasteiger partial charge in [0.2, 0.25) is 0 Å². The van der Waals surface area contributed by atoms with E-state index in [9.17, 15) is 14.4 Å². The molecule has 0 aromatic carbocycles. The molecule has 6 nitrogen and oxygen atoms in total. The summed E-state index contributed by atoms with van der Waals surface area (Å²) >= 11 is 0. The Morgan fingerprint density at radius 2 is 0.486 bits per heavy atom. The van der Waals surface area contributed by atoms with Gasteiger partial charge in [-0.25, -0.2) is 0 Å². The number of carbonyl (C=O) groups excluding carboxylic acids is 3. The van der Waals surface area contributed by atoms with E-state index in [4.69, 9.17) is 14.2 Å². The van der Waals surface area contributed by atoms with Crippen molar-refractivity contribution in [1.29, 1.82) is 0 Å². The van der Waals surface area contributed by atoms with Gasteiger partial charge in [0.05, 0.1) is 0 Å². The van der Waals surface area contributed by atoms with Crippen LogP contribution in [0, 0.1) is 0 Å². The smallest absolute Gasteiger partial charge is 0.306 e. The van der Waals surface area contributed by atoms with Gasteiger partial charge in [0, 0.05) is 19.3 Å². The third kappa shape index (κ3) is 60.5. The van der Waals surface area contributed by atoms with E-state index in [0.717, 1.165) is 70.6 Å². The lowest BCUT2D eigenvalue weighted by Crippen LogP contribution is -2.30. The van der Waals surface area contributed by atoms with Crippen molar-refractivity contribution in [2.45, 2.75) is 367 Å². The van der Waals surface area contributed by atoms with Crippen LogP contribution in [0.3, 0.4) is 0 Å². The van der Waals surface area contributed by atoms with E-state index >= 15 is 0 Å². The number of esters is 3. The number of ether oxygens (including phenoxy) is 3. The summed E-state index contributed by atoms with van der Waals surface area (Å²) in [6, 6.07) is 0. The summed E-state index contributed by atoms with van der Waals surface area (Å²) in [5.41, 5.74) is 0. The second-order valence-corrected chi connectivity index (χ2v) is 22.4. The fourth-order valence-corrected chi connectivity index (χ4v) is 9.92. The fourth-order valence-electron chi connectivity index (χ4n) is 9.92. The Morgan fingerprint density at radius 3 is 0.757 bits per heavy atom. The summed E-state index contributed by atoms with van der Waals surface area (Å²) in [5, 5.41) is 0. The van der Waals surface area contributed by atoms with Crippen molar-refractivity contribution in [3.8, 4) is 0 Å². The van der Waals surface area contributed by atoms with Crippen LogP contribution < -0.4 is 0 Å². The molecule has 0 saturated heterocycles. The van der Waals surface area contributed by atoms with Crippen molar-refractivity contribution in [3.05, 3.63) is 36.5 Å². The molecule has 0 N–H and O–H groups in total. The van der Waals surface area contributed by atoms with Gasteiger partial charge in [-0.05, 0) is 57.8 Å². The zero-order chi connectivity index (χ0) is 53.6. The largest absolute Gasteiger partial charge is 0.462 e. The molecule has 0 amide bonds. The standard InChI is InChI=1S/C68H126O6/c1-4-7-10-13-16-19-22-24-25-26-27-28-29-30-31-32-33-34-35-36-37-38-39-40-41-42-43-44-47-49-52-55-58-61-67(70)73-64-65(63-72-66(69)60-57-54-51-48-45-21-18-15-12-9-6-3)74-68(71)62-59-56-53-50-46-23-20-17-14-11-8-5-2/h22,24,26-27,29-30,65H,4-21,23,25,28,31-64H2,1-3H3/b24-22-,27-26-,30-29-. The quantitative estimate of drug-likeness (QED) is 0.0261. The molecule has 0 aliphatic carbocycles. The first-order valence-corrected chi connectivity index (χ1v) is 33.0. The van der Waals surface area contributed by atoms with Crippen molar-refractivity contribution in [1.82, 2.24) is 0 Å². The molecular weight excluding hydrogens is 913 g/mol. The lowest BCUT2D eigenvalue weighted by atomic mass is 10.0. The maximum absolute atomic E-state index is 12.8. The Bertz CT molecular complexity index is 1240. The first-order chi connectivity index (χ1) is 36.5. The van der Waals surface area contributed by atoms with E-state index in [1.165, 1.54) is 250 Å². The molecule has 434 valence electrons. The van der Waals surface area contributed by atoms with Gasteiger partial charge < -0.3 is 14.2 Å². The second kappa shape index (κ2) is 63.2. The number of hydrogen-bond donors (Lipinski definition) is 0.